The van der Waals surface area contributed by atoms with E-state index in [0.717, 1.165) is 11.1 Å². The van der Waals surface area contributed by atoms with Gasteiger partial charge in [0.2, 0.25) is 0 Å². The number of amides is 1. The molecule has 0 spiro atoms. The molecule has 0 saturated heterocycles. The van der Waals surface area contributed by atoms with Crippen molar-refractivity contribution in [3.63, 3.8) is 0 Å². The second kappa shape index (κ2) is 6.85. The van der Waals surface area contributed by atoms with Crippen molar-refractivity contribution in [2.75, 3.05) is 5.32 Å². The van der Waals surface area contributed by atoms with Gasteiger partial charge in [0.25, 0.3) is 5.91 Å². The van der Waals surface area contributed by atoms with Gasteiger partial charge in [0.05, 0.1) is 17.8 Å². The van der Waals surface area contributed by atoms with E-state index in [-0.39, 0.29) is 23.2 Å². The van der Waals surface area contributed by atoms with Crippen LogP contribution < -0.4 is 5.32 Å². The molecule has 2 aromatic rings. The van der Waals surface area contributed by atoms with Crippen molar-refractivity contribution >= 4 is 23.2 Å². The Labute approximate surface area is 134 Å². The molecule has 1 aromatic heterocycles. The third-order valence-corrected chi connectivity index (χ3v) is 3.50. The largest absolute Gasteiger partial charge is 0.392 e. The molecule has 0 fully saturated rings. The molecular formula is C16H18ClN3O2. The molecule has 1 amide bonds. The molecule has 0 aliphatic rings. The van der Waals surface area contributed by atoms with Crippen LogP contribution in [0.25, 0.3) is 0 Å². The van der Waals surface area contributed by atoms with Gasteiger partial charge in [-0.15, -0.1) is 0 Å². The first-order chi connectivity index (χ1) is 10.4. The van der Waals surface area contributed by atoms with Gasteiger partial charge in [0, 0.05) is 11.6 Å². The number of aliphatic hydroxyl groups excluding tert-OH is 1. The average Bonchev–Trinajstić information content (AvgIpc) is 2.49. The summed E-state index contributed by atoms with van der Waals surface area (Å²) in [6, 6.07) is 5.37. The van der Waals surface area contributed by atoms with Crippen molar-refractivity contribution in [2.24, 2.45) is 0 Å². The number of aromatic nitrogens is 2. The molecule has 5 nitrogen and oxygen atoms in total. The topological polar surface area (TPSA) is 75.1 Å². The Kier molecular flexibility index (Phi) is 5.11. The highest BCUT2D eigenvalue weighted by Gasteiger charge is 2.16. The lowest BCUT2D eigenvalue weighted by Crippen LogP contribution is -2.17. The maximum Gasteiger partial charge on any atom is 0.275 e. The van der Waals surface area contributed by atoms with Gasteiger partial charge in [-0.2, -0.15) is 0 Å². The molecule has 22 heavy (non-hydrogen) atoms. The molecule has 1 aromatic carbocycles. The fourth-order valence-corrected chi connectivity index (χ4v) is 2.08. The zero-order valence-corrected chi connectivity index (χ0v) is 13.5. The van der Waals surface area contributed by atoms with Gasteiger partial charge in [-0.05, 0) is 24.1 Å². The van der Waals surface area contributed by atoms with E-state index in [9.17, 15) is 9.90 Å². The number of hydrogen-bond donors (Lipinski definition) is 2. The molecule has 6 heteroatoms. The quantitative estimate of drug-likeness (QED) is 0.906. The van der Waals surface area contributed by atoms with Crippen molar-refractivity contribution in [2.45, 2.75) is 33.3 Å². The van der Waals surface area contributed by atoms with Gasteiger partial charge in [-0.3, -0.25) is 4.79 Å². The Morgan fingerprint density at radius 3 is 2.77 bits per heavy atom. The van der Waals surface area contributed by atoms with Crippen molar-refractivity contribution in [3.05, 3.63) is 52.1 Å². The van der Waals surface area contributed by atoms with Gasteiger partial charge >= 0.3 is 0 Å². The Bertz CT molecular complexity index is 702. The van der Waals surface area contributed by atoms with Crippen molar-refractivity contribution in [1.82, 2.24) is 9.97 Å². The van der Waals surface area contributed by atoms with Gasteiger partial charge in [0.1, 0.15) is 5.82 Å². The number of nitrogens with one attached hydrogen (secondary N) is 1. The molecule has 0 radical (unpaired) electrons. The van der Waals surface area contributed by atoms with Crippen LogP contribution in [0.4, 0.5) is 5.69 Å². The molecular weight excluding hydrogens is 302 g/mol. The first-order valence-electron chi connectivity index (χ1n) is 6.96. The van der Waals surface area contributed by atoms with Crippen molar-refractivity contribution < 1.29 is 9.90 Å². The normalized spacial score (nSPS) is 10.8. The maximum absolute atomic E-state index is 12.4. The van der Waals surface area contributed by atoms with E-state index in [1.54, 1.807) is 12.1 Å². The van der Waals surface area contributed by atoms with Crippen LogP contribution in [0.1, 0.15) is 47.2 Å². The summed E-state index contributed by atoms with van der Waals surface area (Å²) >= 11 is 6.03. The number of hydrogen-bond acceptors (Lipinski definition) is 4. The molecule has 0 aliphatic carbocycles. The van der Waals surface area contributed by atoms with Gasteiger partial charge in [0.15, 0.2) is 5.69 Å². The van der Waals surface area contributed by atoms with E-state index in [4.69, 9.17) is 11.6 Å². The fourth-order valence-electron chi connectivity index (χ4n) is 1.90. The van der Waals surface area contributed by atoms with Crippen LogP contribution in [0.5, 0.6) is 0 Å². The third kappa shape index (κ3) is 3.61. The van der Waals surface area contributed by atoms with E-state index in [1.807, 2.05) is 26.8 Å². The maximum atomic E-state index is 12.4. The SMILES string of the molecule is Cc1ccc(CO)cc1NC(=O)c1nc(C(C)C)ncc1Cl. The highest BCUT2D eigenvalue weighted by atomic mass is 35.5. The zero-order chi connectivity index (χ0) is 16.3. The van der Waals surface area contributed by atoms with Crippen LogP contribution in [0.15, 0.2) is 24.4 Å². The van der Waals surface area contributed by atoms with Gasteiger partial charge < -0.3 is 10.4 Å². The molecule has 0 saturated carbocycles. The summed E-state index contributed by atoms with van der Waals surface area (Å²) in [6.45, 7) is 5.67. The highest BCUT2D eigenvalue weighted by Crippen LogP contribution is 2.21. The predicted octanol–water partition coefficient (Wildman–Crippen LogP) is 3.31. The second-order valence-electron chi connectivity index (χ2n) is 5.34. The van der Waals surface area contributed by atoms with Crippen LogP contribution in [-0.4, -0.2) is 21.0 Å². The van der Waals surface area contributed by atoms with Gasteiger partial charge in [-0.25, -0.2) is 9.97 Å². The molecule has 0 bridgehead atoms. The first kappa shape index (κ1) is 16.4. The van der Waals surface area contributed by atoms with E-state index in [0.29, 0.717) is 11.5 Å². The number of rotatable bonds is 4. The first-order valence-corrected chi connectivity index (χ1v) is 7.34. The van der Waals surface area contributed by atoms with Crippen LogP contribution in [0.2, 0.25) is 5.02 Å². The van der Waals surface area contributed by atoms with Gasteiger partial charge in [-0.1, -0.05) is 37.6 Å². The molecule has 0 unspecified atom stereocenters. The van der Waals surface area contributed by atoms with Crippen molar-refractivity contribution in [1.29, 1.82) is 0 Å². The second-order valence-corrected chi connectivity index (χ2v) is 5.75. The zero-order valence-electron chi connectivity index (χ0n) is 12.7. The summed E-state index contributed by atoms with van der Waals surface area (Å²) in [5, 5.41) is 12.2. The van der Waals surface area contributed by atoms with E-state index in [1.165, 1.54) is 6.20 Å². The van der Waals surface area contributed by atoms with E-state index < -0.39 is 5.91 Å². The smallest absolute Gasteiger partial charge is 0.275 e. The Morgan fingerprint density at radius 1 is 1.41 bits per heavy atom. The molecule has 2 N–H and O–H groups in total. The number of aryl methyl sites for hydroxylation is 1. The minimum absolute atomic E-state index is 0.0884. The van der Waals surface area contributed by atoms with Crippen LogP contribution in [-0.2, 0) is 6.61 Å². The summed E-state index contributed by atoms with van der Waals surface area (Å²) in [6.07, 6.45) is 1.44. The highest BCUT2D eigenvalue weighted by molar-refractivity contribution is 6.33. The molecule has 0 atom stereocenters. The summed E-state index contributed by atoms with van der Waals surface area (Å²) in [5.41, 5.74) is 2.38. The number of carbonyl (C=O) groups is 1. The average molecular weight is 320 g/mol. The van der Waals surface area contributed by atoms with E-state index >= 15 is 0 Å². The third-order valence-electron chi connectivity index (χ3n) is 3.23. The molecule has 0 aliphatic heterocycles. The predicted molar refractivity (Wildman–Crippen MR) is 86.2 cm³/mol. The lowest BCUT2D eigenvalue weighted by Gasteiger charge is -2.11. The number of carbonyl (C=O) groups excluding carboxylic acids is 1. The number of anilines is 1. The fraction of sp³-hybridized carbons (Fsp3) is 0.312. The Morgan fingerprint density at radius 2 is 2.14 bits per heavy atom. The summed E-state index contributed by atoms with van der Waals surface area (Å²) in [4.78, 5) is 20.8. The Hall–Kier alpha value is -1.98. The summed E-state index contributed by atoms with van der Waals surface area (Å²) in [7, 11) is 0. The minimum Gasteiger partial charge on any atom is -0.392 e. The number of benzene rings is 1. The monoisotopic (exact) mass is 319 g/mol. The number of aliphatic hydroxyl groups is 1. The van der Waals surface area contributed by atoms with Crippen molar-refractivity contribution in [3.8, 4) is 0 Å². The van der Waals surface area contributed by atoms with Crippen LogP contribution in [0, 0.1) is 6.92 Å². The molecule has 2 rings (SSSR count). The standard InChI is InChI=1S/C16H18ClN3O2/c1-9(2)15-18-7-12(17)14(20-15)16(22)19-13-6-11(8-21)5-4-10(13)3/h4-7,9,21H,8H2,1-3H3,(H,19,22). The lowest BCUT2D eigenvalue weighted by atomic mass is 10.1. The molecule has 116 valence electrons. The summed E-state index contributed by atoms with van der Waals surface area (Å²) < 4.78 is 0. The summed E-state index contributed by atoms with van der Waals surface area (Å²) in [5.74, 6) is 0.270. The minimum atomic E-state index is -0.396. The number of halogens is 1. The molecule has 1 heterocycles. The number of nitrogens with zero attached hydrogens (tertiary/aromatic N) is 2. The lowest BCUT2D eigenvalue weighted by molar-refractivity contribution is 0.102. The van der Waals surface area contributed by atoms with Crippen LogP contribution in [0.3, 0.4) is 0 Å². The van der Waals surface area contributed by atoms with Crippen LogP contribution >= 0.6 is 11.6 Å². The Balaban J connectivity index is 2.31. The van der Waals surface area contributed by atoms with E-state index in [2.05, 4.69) is 15.3 Å².